The lowest BCUT2D eigenvalue weighted by Gasteiger charge is -2.54. The Labute approximate surface area is 134 Å². The molecule has 0 aromatic carbocycles. The molecule has 1 aliphatic heterocycles. The molecule has 0 aromatic heterocycles. The fourth-order valence-electron chi connectivity index (χ4n) is 5.92. The first-order valence-electron chi connectivity index (χ1n) is 8.85. The summed E-state index contributed by atoms with van der Waals surface area (Å²) in [6.07, 6.45) is 0.438. The molecule has 5 aliphatic rings. The maximum absolute atomic E-state index is 12.9. The van der Waals surface area contributed by atoms with Gasteiger partial charge in [-0.2, -0.15) is 13.2 Å². The summed E-state index contributed by atoms with van der Waals surface area (Å²) in [5.41, 5.74) is -2.62. The van der Waals surface area contributed by atoms with E-state index < -0.39 is 24.6 Å². The van der Waals surface area contributed by atoms with Crippen LogP contribution in [0.5, 0.6) is 0 Å². The minimum atomic E-state index is -4.61. The maximum Gasteiger partial charge on any atom is 0.417 e. The first kappa shape index (κ1) is 15.7. The fraction of sp³-hybridized carbons (Fsp3) is 0.941. The second-order valence-corrected chi connectivity index (χ2v) is 8.31. The molecule has 0 unspecified atom stereocenters. The van der Waals surface area contributed by atoms with Crippen molar-refractivity contribution in [3.8, 4) is 0 Å². The number of piperidine rings is 1. The van der Waals surface area contributed by atoms with Crippen LogP contribution in [0.4, 0.5) is 13.2 Å². The van der Waals surface area contributed by atoms with Gasteiger partial charge in [-0.25, -0.2) is 0 Å². The van der Waals surface area contributed by atoms with Crippen LogP contribution in [0.2, 0.25) is 0 Å². The molecule has 6 heteroatoms. The number of alkyl halides is 3. The normalized spacial score (nSPS) is 42.1. The third kappa shape index (κ3) is 2.48. The maximum atomic E-state index is 12.9. The average Bonchev–Trinajstić information content (AvgIpc) is 2.45. The number of carbonyl (C=O) groups excluding carboxylic acids is 1. The number of amides is 1. The van der Waals surface area contributed by atoms with Crippen molar-refractivity contribution in [3.63, 3.8) is 0 Å². The molecule has 4 aliphatic carbocycles. The number of halogens is 3. The number of nitrogens with zero attached hydrogens (tertiary/aromatic N) is 1. The molecule has 0 spiro atoms. The Hall–Kier alpha value is -0.780. The van der Waals surface area contributed by atoms with E-state index in [0.29, 0.717) is 11.8 Å². The van der Waals surface area contributed by atoms with Crippen molar-refractivity contribution >= 4 is 5.91 Å². The van der Waals surface area contributed by atoms with E-state index >= 15 is 0 Å². The van der Waals surface area contributed by atoms with Gasteiger partial charge < -0.3 is 10.0 Å². The first-order chi connectivity index (χ1) is 10.8. The molecule has 1 N–H and O–H groups in total. The van der Waals surface area contributed by atoms with Gasteiger partial charge in [0.1, 0.15) is 0 Å². The number of carbonyl (C=O) groups is 1. The molecule has 0 atom stereocenters. The van der Waals surface area contributed by atoms with Gasteiger partial charge in [-0.15, -0.1) is 0 Å². The molecule has 1 saturated heterocycles. The van der Waals surface area contributed by atoms with Gasteiger partial charge in [-0.05, 0) is 55.8 Å². The molecule has 4 saturated carbocycles. The van der Waals surface area contributed by atoms with Crippen LogP contribution in [0, 0.1) is 29.6 Å². The fourth-order valence-corrected chi connectivity index (χ4v) is 5.92. The van der Waals surface area contributed by atoms with Crippen LogP contribution in [-0.4, -0.2) is 40.8 Å². The summed E-state index contributed by atoms with van der Waals surface area (Å²) in [4.78, 5) is 14.5. The van der Waals surface area contributed by atoms with Gasteiger partial charge in [0.15, 0.2) is 5.60 Å². The van der Waals surface area contributed by atoms with E-state index in [-0.39, 0.29) is 24.9 Å². The summed E-state index contributed by atoms with van der Waals surface area (Å²) in [6.45, 7) is 0.0509. The Balaban J connectivity index is 1.43. The molecule has 0 radical (unpaired) electrons. The lowest BCUT2D eigenvalue weighted by atomic mass is 9.51. The highest BCUT2D eigenvalue weighted by Crippen LogP contribution is 2.57. The summed E-state index contributed by atoms with van der Waals surface area (Å²) >= 11 is 0. The zero-order valence-electron chi connectivity index (χ0n) is 13.2. The third-order valence-corrected chi connectivity index (χ3v) is 6.94. The van der Waals surface area contributed by atoms with Crippen molar-refractivity contribution in [1.29, 1.82) is 0 Å². The zero-order chi connectivity index (χ0) is 16.4. The predicted molar refractivity (Wildman–Crippen MR) is 77.4 cm³/mol. The topological polar surface area (TPSA) is 40.5 Å². The molecule has 23 heavy (non-hydrogen) atoms. The van der Waals surface area contributed by atoms with Crippen LogP contribution in [0.15, 0.2) is 0 Å². The lowest BCUT2D eigenvalue weighted by Crippen LogP contribution is -2.57. The summed E-state index contributed by atoms with van der Waals surface area (Å²) in [6, 6.07) is 0. The highest BCUT2D eigenvalue weighted by atomic mass is 19.4. The van der Waals surface area contributed by atoms with E-state index in [1.54, 1.807) is 4.90 Å². The van der Waals surface area contributed by atoms with E-state index in [1.807, 2.05) is 0 Å². The largest absolute Gasteiger partial charge is 0.417 e. The van der Waals surface area contributed by atoms with Crippen molar-refractivity contribution < 1.29 is 23.1 Å². The molecule has 5 fully saturated rings. The molecule has 4 bridgehead atoms. The van der Waals surface area contributed by atoms with Gasteiger partial charge in [-0.1, -0.05) is 0 Å². The van der Waals surface area contributed by atoms with Gasteiger partial charge in [0.25, 0.3) is 0 Å². The van der Waals surface area contributed by atoms with E-state index in [1.165, 1.54) is 6.42 Å². The summed E-state index contributed by atoms with van der Waals surface area (Å²) in [7, 11) is 0. The molecule has 0 aromatic rings. The monoisotopic (exact) mass is 331 g/mol. The SMILES string of the molecule is O=C(C1C2CC3CC(C2)CC1C3)N1CCC(O)(C(F)(F)F)CC1. The van der Waals surface area contributed by atoms with E-state index in [2.05, 4.69) is 0 Å². The van der Waals surface area contributed by atoms with Crippen LogP contribution >= 0.6 is 0 Å². The Morgan fingerprint density at radius 3 is 1.87 bits per heavy atom. The van der Waals surface area contributed by atoms with Crippen LogP contribution in [-0.2, 0) is 4.79 Å². The van der Waals surface area contributed by atoms with Gasteiger partial charge in [-0.3, -0.25) is 4.79 Å². The van der Waals surface area contributed by atoms with E-state index in [0.717, 1.165) is 37.5 Å². The Morgan fingerprint density at radius 1 is 0.957 bits per heavy atom. The van der Waals surface area contributed by atoms with Gasteiger partial charge in [0.2, 0.25) is 5.91 Å². The molecule has 5 rings (SSSR count). The Bertz CT molecular complexity index is 469. The summed E-state index contributed by atoms with van der Waals surface area (Å²) < 4.78 is 38.7. The number of rotatable bonds is 1. The molecule has 130 valence electrons. The van der Waals surface area contributed by atoms with Crippen molar-refractivity contribution in [2.75, 3.05) is 13.1 Å². The third-order valence-electron chi connectivity index (χ3n) is 6.94. The lowest BCUT2D eigenvalue weighted by molar-refractivity contribution is -0.272. The molecular weight excluding hydrogens is 307 g/mol. The van der Waals surface area contributed by atoms with Crippen molar-refractivity contribution in [2.24, 2.45) is 29.6 Å². The van der Waals surface area contributed by atoms with E-state index in [4.69, 9.17) is 0 Å². The highest BCUT2D eigenvalue weighted by molar-refractivity contribution is 5.80. The highest BCUT2D eigenvalue weighted by Gasteiger charge is 2.56. The smallest absolute Gasteiger partial charge is 0.380 e. The second-order valence-electron chi connectivity index (χ2n) is 8.31. The number of hydrogen-bond donors (Lipinski definition) is 1. The van der Waals surface area contributed by atoms with Gasteiger partial charge in [0.05, 0.1) is 0 Å². The van der Waals surface area contributed by atoms with Crippen molar-refractivity contribution in [3.05, 3.63) is 0 Å². The summed E-state index contributed by atoms with van der Waals surface area (Å²) in [5, 5.41) is 9.76. The molecule has 1 heterocycles. The van der Waals surface area contributed by atoms with E-state index in [9.17, 15) is 23.1 Å². The minimum absolute atomic E-state index is 0.0254. The average molecular weight is 331 g/mol. The second kappa shape index (κ2) is 5.11. The molecule has 3 nitrogen and oxygen atoms in total. The van der Waals surface area contributed by atoms with Gasteiger partial charge >= 0.3 is 6.18 Å². The number of likely N-dealkylation sites (tertiary alicyclic amines) is 1. The van der Waals surface area contributed by atoms with Crippen LogP contribution < -0.4 is 0 Å². The Morgan fingerprint density at radius 2 is 1.43 bits per heavy atom. The predicted octanol–water partition coefficient (Wildman–Crippen LogP) is 2.97. The quantitative estimate of drug-likeness (QED) is 0.802. The standard InChI is InChI=1S/C17H24F3NO2/c18-17(19,20)16(23)1-3-21(4-2-16)15(22)14-12-6-10-5-11(8-12)9-13(14)7-10/h10-14,23H,1-9H2. The van der Waals surface area contributed by atoms with Crippen molar-refractivity contribution in [1.82, 2.24) is 4.90 Å². The minimum Gasteiger partial charge on any atom is -0.380 e. The van der Waals surface area contributed by atoms with Crippen LogP contribution in [0.1, 0.15) is 44.9 Å². The van der Waals surface area contributed by atoms with Gasteiger partial charge in [0, 0.05) is 31.8 Å². The number of hydrogen-bond acceptors (Lipinski definition) is 2. The summed E-state index contributed by atoms with van der Waals surface area (Å²) in [5.74, 6) is 2.53. The first-order valence-corrected chi connectivity index (χ1v) is 8.85. The van der Waals surface area contributed by atoms with Crippen LogP contribution in [0.25, 0.3) is 0 Å². The van der Waals surface area contributed by atoms with Crippen molar-refractivity contribution in [2.45, 2.75) is 56.7 Å². The zero-order valence-corrected chi connectivity index (χ0v) is 13.2. The molecular formula is C17H24F3NO2. The number of aliphatic hydroxyl groups is 1. The Kier molecular flexibility index (Phi) is 3.49. The molecule has 1 amide bonds. The van der Waals surface area contributed by atoms with Crippen LogP contribution in [0.3, 0.4) is 0 Å².